The van der Waals surface area contributed by atoms with Crippen molar-refractivity contribution in [1.29, 1.82) is 0 Å². The molecule has 14 heavy (non-hydrogen) atoms. The lowest BCUT2D eigenvalue weighted by Crippen LogP contribution is -1.90. The van der Waals surface area contributed by atoms with E-state index in [-0.39, 0.29) is 6.67 Å². The SMILES string of the molecule is FC/C=C/CC1C=Cc2[c]cccc21. The third-order valence-electron chi connectivity index (χ3n) is 2.46. The van der Waals surface area contributed by atoms with Gasteiger partial charge in [0.15, 0.2) is 0 Å². The van der Waals surface area contributed by atoms with Crippen LogP contribution in [0.2, 0.25) is 0 Å². The number of halogens is 1. The molecular weight excluding hydrogens is 175 g/mol. The average molecular weight is 187 g/mol. The Morgan fingerprint density at radius 1 is 1.43 bits per heavy atom. The lowest BCUT2D eigenvalue weighted by molar-refractivity contribution is 0.560. The van der Waals surface area contributed by atoms with Crippen molar-refractivity contribution in [1.82, 2.24) is 0 Å². The molecule has 0 heterocycles. The summed E-state index contributed by atoms with van der Waals surface area (Å²) in [6, 6.07) is 9.21. The monoisotopic (exact) mass is 187 g/mol. The van der Waals surface area contributed by atoms with Gasteiger partial charge in [0.25, 0.3) is 0 Å². The molecule has 0 fully saturated rings. The van der Waals surface area contributed by atoms with Gasteiger partial charge in [0.2, 0.25) is 0 Å². The molecule has 1 aromatic carbocycles. The van der Waals surface area contributed by atoms with E-state index in [0.29, 0.717) is 5.92 Å². The zero-order valence-electron chi connectivity index (χ0n) is 7.91. The highest BCUT2D eigenvalue weighted by molar-refractivity contribution is 5.61. The van der Waals surface area contributed by atoms with Gasteiger partial charge in [-0.15, -0.1) is 0 Å². The van der Waals surface area contributed by atoms with Gasteiger partial charge in [-0.2, -0.15) is 0 Å². The summed E-state index contributed by atoms with van der Waals surface area (Å²) in [6.07, 6.45) is 8.59. The third kappa shape index (κ3) is 1.77. The number of hydrogen-bond donors (Lipinski definition) is 0. The molecule has 1 atom stereocenters. The molecule has 1 heteroatoms. The second-order valence-corrected chi connectivity index (χ2v) is 3.37. The molecule has 1 aliphatic rings. The normalized spacial score (nSPS) is 19.1. The van der Waals surface area contributed by atoms with E-state index in [2.05, 4.69) is 24.3 Å². The predicted octanol–water partition coefficient (Wildman–Crippen LogP) is 3.51. The molecule has 1 aromatic rings. The van der Waals surface area contributed by atoms with Crippen LogP contribution in [0.15, 0.2) is 36.4 Å². The summed E-state index contributed by atoms with van der Waals surface area (Å²) in [6.45, 7) is -0.371. The van der Waals surface area contributed by atoms with Gasteiger partial charge in [0, 0.05) is 5.92 Å². The Labute approximate surface area is 83.8 Å². The van der Waals surface area contributed by atoms with Crippen LogP contribution in [-0.4, -0.2) is 6.67 Å². The largest absolute Gasteiger partial charge is 0.247 e. The summed E-state index contributed by atoms with van der Waals surface area (Å²) in [4.78, 5) is 0. The molecular formula is C13H12F. The Morgan fingerprint density at radius 3 is 3.21 bits per heavy atom. The number of rotatable bonds is 3. The Kier molecular flexibility index (Phi) is 2.78. The van der Waals surface area contributed by atoms with E-state index >= 15 is 0 Å². The van der Waals surface area contributed by atoms with E-state index in [9.17, 15) is 4.39 Å². The van der Waals surface area contributed by atoms with Gasteiger partial charge in [-0.1, -0.05) is 42.5 Å². The molecule has 0 saturated carbocycles. The Balaban J connectivity index is 2.11. The van der Waals surface area contributed by atoms with Gasteiger partial charge in [-0.25, -0.2) is 4.39 Å². The second kappa shape index (κ2) is 4.23. The van der Waals surface area contributed by atoms with Crippen LogP contribution in [0.5, 0.6) is 0 Å². The summed E-state index contributed by atoms with van der Waals surface area (Å²) in [7, 11) is 0. The first-order valence-corrected chi connectivity index (χ1v) is 4.81. The molecule has 0 nitrogen and oxygen atoms in total. The van der Waals surface area contributed by atoms with Crippen molar-refractivity contribution in [3.8, 4) is 0 Å². The van der Waals surface area contributed by atoms with Crippen molar-refractivity contribution in [2.75, 3.05) is 6.67 Å². The van der Waals surface area contributed by atoms with Gasteiger partial charge < -0.3 is 0 Å². The van der Waals surface area contributed by atoms with Crippen LogP contribution >= 0.6 is 0 Å². The number of alkyl halides is 1. The fourth-order valence-corrected chi connectivity index (χ4v) is 1.76. The topological polar surface area (TPSA) is 0 Å². The quantitative estimate of drug-likeness (QED) is 0.635. The first kappa shape index (κ1) is 9.20. The Bertz CT molecular complexity index is 363. The highest BCUT2D eigenvalue weighted by Crippen LogP contribution is 2.31. The van der Waals surface area contributed by atoms with Crippen molar-refractivity contribution >= 4 is 6.08 Å². The minimum absolute atomic E-state index is 0.371. The van der Waals surface area contributed by atoms with Crippen molar-refractivity contribution < 1.29 is 4.39 Å². The van der Waals surface area contributed by atoms with Gasteiger partial charge in [0.1, 0.15) is 6.67 Å². The second-order valence-electron chi connectivity index (χ2n) is 3.37. The minimum atomic E-state index is -0.371. The van der Waals surface area contributed by atoms with Gasteiger partial charge in [-0.3, -0.25) is 0 Å². The maximum Gasteiger partial charge on any atom is 0.108 e. The van der Waals surface area contributed by atoms with Crippen LogP contribution in [0.1, 0.15) is 23.5 Å². The standard InChI is InChI=1S/C13H12F/c14-10-4-3-6-12-9-8-11-5-1-2-7-13(11)12/h1-4,7-9,12H,6,10H2/b4-3+. The molecule has 0 aromatic heterocycles. The Hall–Kier alpha value is -1.37. The Morgan fingerprint density at radius 2 is 2.36 bits per heavy atom. The summed E-state index contributed by atoms with van der Waals surface area (Å²) in [5, 5.41) is 0. The van der Waals surface area contributed by atoms with Crippen molar-refractivity contribution in [2.45, 2.75) is 12.3 Å². The zero-order chi connectivity index (χ0) is 9.80. The molecule has 1 unspecified atom stereocenters. The van der Waals surface area contributed by atoms with Crippen LogP contribution in [-0.2, 0) is 0 Å². The third-order valence-corrected chi connectivity index (χ3v) is 2.46. The van der Waals surface area contributed by atoms with Crippen LogP contribution in [0.4, 0.5) is 4.39 Å². The number of benzene rings is 1. The van der Waals surface area contributed by atoms with Gasteiger partial charge in [-0.05, 0) is 23.6 Å². The van der Waals surface area contributed by atoms with Crippen LogP contribution < -0.4 is 0 Å². The van der Waals surface area contributed by atoms with E-state index in [1.54, 1.807) is 6.08 Å². The van der Waals surface area contributed by atoms with E-state index in [1.165, 1.54) is 11.1 Å². The smallest absolute Gasteiger partial charge is 0.108 e. The van der Waals surface area contributed by atoms with E-state index < -0.39 is 0 Å². The van der Waals surface area contributed by atoms with Crippen molar-refractivity contribution in [2.24, 2.45) is 0 Å². The highest BCUT2D eigenvalue weighted by atomic mass is 19.1. The zero-order valence-corrected chi connectivity index (χ0v) is 7.91. The first-order valence-electron chi connectivity index (χ1n) is 4.81. The predicted molar refractivity (Wildman–Crippen MR) is 56.8 cm³/mol. The number of allylic oxidation sites excluding steroid dienone is 3. The molecule has 0 bridgehead atoms. The molecule has 1 radical (unpaired) electrons. The van der Waals surface area contributed by atoms with E-state index in [0.717, 1.165) is 6.42 Å². The van der Waals surface area contributed by atoms with Gasteiger partial charge >= 0.3 is 0 Å². The summed E-state index contributed by atoms with van der Waals surface area (Å²) in [5.74, 6) is 0.408. The fraction of sp³-hybridized carbons (Fsp3) is 0.231. The maximum absolute atomic E-state index is 11.9. The molecule has 0 N–H and O–H groups in total. The average Bonchev–Trinajstić information content (AvgIpc) is 2.63. The lowest BCUT2D eigenvalue weighted by atomic mass is 9.97. The van der Waals surface area contributed by atoms with Crippen LogP contribution in [0.25, 0.3) is 6.08 Å². The minimum Gasteiger partial charge on any atom is -0.247 e. The molecule has 71 valence electrons. The fourth-order valence-electron chi connectivity index (χ4n) is 1.76. The molecule has 0 aliphatic heterocycles. The highest BCUT2D eigenvalue weighted by Gasteiger charge is 2.14. The van der Waals surface area contributed by atoms with Crippen molar-refractivity contribution in [3.63, 3.8) is 0 Å². The van der Waals surface area contributed by atoms with Crippen LogP contribution in [0.3, 0.4) is 0 Å². The molecule has 0 amide bonds. The van der Waals surface area contributed by atoms with Crippen LogP contribution in [0, 0.1) is 6.07 Å². The number of hydrogen-bond acceptors (Lipinski definition) is 0. The summed E-state index contributed by atoms with van der Waals surface area (Å²) >= 11 is 0. The van der Waals surface area contributed by atoms with Gasteiger partial charge in [0.05, 0.1) is 0 Å². The summed E-state index contributed by atoms with van der Waals surface area (Å²) < 4.78 is 11.9. The van der Waals surface area contributed by atoms with Crippen molar-refractivity contribution in [3.05, 3.63) is 53.6 Å². The molecule has 2 rings (SSSR count). The lowest BCUT2D eigenvalue weighted by Gasteiger charge is -2.06. The first-order chi connectivity index (χ1) is 6.92. The summed E-state index contributed by atoms with van der Waals surface area (Å²) in [5.41, 5.74) is 2.47. The van der Waals surface area contributed by atoms with E-state index in [1.807, 2.05) is 18.2 Å². The maximum atomic E-state index is 11.9. The number of fused-ring (bicyclic) bond motifs is 1. The molecule has 0 saturated heterocycles. The molecule has 0 spiro atoms. The van der Waals surface area contributed by atoms with E-state index in [4.69, 9.17) is 0 Å². The molecule has 1 aliphatic carbocycles.